The summed E-state index contributed by atoms with van der Waals surface area (Å²) in [6.45, 7) is 5.62. The Kier molecular flexibility index (Phi) is 6.43. The van der Waals surface area contributed by atoms with Gasteiger partial charge in [0.25, 0.3) is 0 Å². The topological polar surface area (TPSA) is 101 Å². The number of halogens is 1. The van der Waals surface area contributed by atoms with Gasteiger partial charge in [-0.1, -0.05) is 31.2 Å². The minimum absolute atomic E-state index is 0.114. The molecule has 2 aromatic rings. The Bertz CT molecular complexity index is 990. The van der Waals surface area contributed by atoms with Gasteiger partial charge in [-0.25, -0.2) is 4.39 Å². The fourth-order valence-electron chi connectivity index (χ4n) is 4.10. The monoisotopic (exact) mass is 425 g/mol. The van der Waals surface area contributed by atoms with Crippen molar-refractivity contribution in [2.45, 2.75) is 33.2 Å². The van der Waals surface area contributed by atoms with E-state index in [2.05, 4.69) is 10.6 Å². The minimum Gasteiger partial charge on any atom is -0.398 e. The van der Waals surface area contributed by atoms with Crippen LogP contribution in [0.1, 0.15) is 36.7 Å². The van der Waals surface area contributed by atoms with Crippen molar-refractivity contribution in [2.24, 2.45) is 17.3 Å². The van der Waals surface area contributed by atoms with Gasteiger partial charge >= 0.3 is 0 Å². The number of Topliss-reactive ketones (excluding diaryl/α,β-unsaturated/α-hetero) is 1. The van der Waals surface area contributed by atoms with Crippen molar-refractivity contribution in [1.29, 1.82) is 0 Å². The third-order valence-corrected chi connectivity index (χ3v) is 5.83. The number of benzene rings is 2. The molecule has 0 bridgehead atoms. The first kappa shape index (κ1) is 22.5. The summed E-state index contributed by atoms with van der Waals surface area (Å²) < 4.78 is 13.0. The van der Waals surface area contributed by atoms with Gasteiger partial charge in [-0.3, -0.25) is 14.4 Å². The molecule has 31 heavy (non-hydrogen) atoms. The number of carbonyl (C=O) groups is 3. The van der Waals surface area contributed by atoms with E-state index in [-0.39, 0.29) is 29.5 Å². The van der Waals surface area contributed by atoms with Crippen molar-refractivity contribution in [3.63, 3.8) is 0 Å². The number of amides is 2. The first-order valence-electron chi connectivity index (χ1n) is 10.4. The molecule has 0 unspecified atom stereocenters. The molecule has 3 rings (SSSR count). The highest BCUT2D eigenvalue weighted by atomic mass is 19.1. The molecule has 0 saturated heterocycles. The van der Waals surface area contributed by atoms with Crippen LogP contribution in [-0.2, 0) is 16.0 Å². The van der Waals surface area contributed by atoms with E-state index in [1.807, 2.05) is 13.8 Å². The molecule has 6 nitrogen and oxygen atoms in total. The van der Waals surface area contributed by atoms with Crippen LogP contribution in [0.3, 0.4) is 0 Å². The zero-order valence-electron chi connectivity index (χ0n) is 17.9. The number of hydrogen-bond acceptors (Lipinski definition) is 4. The summed E-state index contributed by atoms with van der Waals surface area (Å²) >= 11 is 0. The lowest BCUT2D eigenvalue weighted by Crippen LogP contribution is -2.34. The molecule has 1 saturated carbocycles. The summed E-state index contributed by atoms with van der Waals surface area (Å²) in [6.07, 6.45) is 0.512. The fourth-order valence-corrected chi connectivity index (χ4v) is 4.10. The Labute approximate surface area is 181 Å². The smallest absolute Gasteiger partial charge is 0.225 e. The number of rotatable bonds is 8. The van der Waals surface area contributed by atoms with Crippen molar-refractivity contribution in [1.82, 2.24) is 10.6 Å². The highest BCUT2D eigenvalue weighted by Gasteiger charge is 2.72. The molecule has 4 N–H and O–H groups in total. The summed E-state index contributed by atoms with van der Waals surface area (Å²) in [6, 6.07) is 12.6. The Morgan fingerprint density at radius 3 is 2.26 bits per heavy atom. The number of anilines is 1. The third kappa shape index (κ3) is 4.60. The number of para-hydroxylation sites is 1. The van der Waals surface area contributed by atoms with Crippen LogP contribution in [0.2, 0.25) is 0 Å². The van der Waals surface area contributed by atoms with Crippen molar-refractivity contribution < 1.29 is 18.8 Å². The fraction of sp³-hybridized carbons (Fsp3) is 0.375. The van der Waals surface area contributed by atoms with Crippen molar-refractivity contribution in [3.8, 4) is 0 Å². The average Bonchev–Trinajstić information content (AvgIpc) is 3.36. The van der Waals surface area contributed by atoms with Gasteiger partial charge in [-0.15, -0.1) is 0 Å². The third-order valence-electron chi connectivity index (χ3n) is 5.83. The van der Waals surface area contributed by atoms with E-state index in [1.165, 1.54) is 12.1 Å². The van der Waals surface area contributed by atoms with Crippen molar-refractivity contribution >= 4 is 23.3 Å². The molecule has 0 radical (unpaired) electrons. The summed E-state index contributed by atoms with van der Waals surface area (Å²) in [4.78, 5) is 39.1. The van der Waals surface area contributed by atoms with Gasteiger partial charge < -0.3 is 16.4 Å². The van der Waals surface area contributed by atoms with Crippen LogP contribution in [0, 0.1) is 23.1 Å². The van der Waals surface area contributed by atoms with Crippen LogP contribution in [-0.4, -0.2) is 30.2 Å². The molecule has 1 aliphatic rings. The summed E-state index contributed by atoms with van der Waals surface area (Å²) in [5, 5.41) is 5.64. The van der Waals surface area contributed by atoms with Crippen LogP contribution in [0.15, 0.2) is 48.5 Å². The van der Waals surface area contributed by atoms with Crippen molar-refractivity contribution in [2.75, 3.05) is 12.3 Å². The number of nitrogen functional groups attached to an aromatic ring is 1. The molecule has 0 spiro atoms. The predicted molar refractivity (Wildman–Crippen MR) is 117 cm³/mol. The van der Waals surface area contributed by atoms with Crippen LogP contribution in [0.5, 0.6) is 0 Å². The second-order valence-electron chi connectivity index (χ2n) is 8.49. The van der Waals surface area contributed by atoms with Crippen LogP contribution < -0.4 is 16.4 Å². The Morgan fingerprint density at radius 1 is 1.03 bits per heavy atom. The van der Waals surface area contributed by atoms with Gasteiger partial charge in [0.15, 0.2) is 5.78 Å². The molecular formula is C24H28FN3O3. The van der Waals surface area contributed by atoms with Crippen LogP contribution in [0.25, 0.3) is 0 Å². The normalized spacial score (nSPS) is 22.1. The second-order valence-corrected chi connectivity index (χ2v) is 8.49. The molecule has 0 aromatic heterocycles. The van der Waals surface area contributed by atoms with Gasteiger partial charge in [0.1, 0.15) is 5.82 Å². The predicted octanol–water partition coefficient (Wildman–Crippen LogP) is 2.73. The summed E-state index contributed by atoms with van der Waals surface area (Å²) in [7, 11) is 0. The zero-order valence-corrected chi connectivity index (χ0v) is 17.9. The van der Waals surface area contributed by atoms with Crippen molar-refractivity contribution in [3.05, 3.63) is 65.5 Å². The van der Waals surface area contributed by atoms with E-state index in [1.54, 1.807) is 43.3 Å². The Balaban J connectivity index is 1.75. The Morgan fingerprint density at radius 2 is 1.65 bits per heavy atom. The quantitative estimate of drug-likeness (QED) is 0.447. The minimum atomic E-state index is -1.17. The molecule has 164 valence electrons. The maximum absolute atomic E-state index is 13.3. The lowest BCUT2D eigenvalue weighted by Gasteiger charge is -2.14. The number of ketones is 1. The van der Waals surface area contributed by atoms with Gasteiger partial charge in [0, 0.05) is 23.8 Å². The molecule has 1 fully saturated rings. The van der Waals surface area contributed by atoms with Crippen LogP contribution in [0.4, 0.5) is 10.1 Å². The second kappa shape index (κ2) is 8.88. The maximum Gasteiger partial charge on any atom is 0.225 e. The largest absolute Gasteiger partial charge is 0.398 e. The maximum atomic E-state index is 13.3. The SMILES string of the molecule is CC(C)NC(=O)[C@H]1[C@@H](C(=O)NCCc2ccc(F)cc2)[C@@]1(C)C(=O)c1ccccc1N. The number of nitrogens with two attached hydrogens (primary N) is 1. The standard InChI is InChI=1S/C24H28FN3O3/c1-14(2)28-23(31)20-19(22(30)27-13-12-15-8-10-16(25)11-9-15)24(20,3)21(29)17-6-4-5-7-18(17)26/h4-11,14,19-20H,12-13,26H2,1-3H3,(H,27,30)(H,28,31)/t19-,20+,24+/m0/s1. The van der Waals surface area contributed by atoms with Crippen LogP contribution >= 0.6 is 0 Å². The summed E-state index contributed by atoms with van der Waals surface area (Å²) in [5.74, 6) is -2.86. The highest BCUT2D eigenvalue weighted by Crippen LogP contribution is 2.60. The number of hydrogen-bond donors (Lipinski definition) is 3. The van der Waals surface area contributed by atoms with Gasteiger partial charge in [-0.05, 0) is 50.1 Å². The van der Waals surface area contributed by atoms with Gasteiger partial charge in [0.05, 0.1) is 17.3 Å². The number of nitrogens with one attached hydrogen (secondary N) is 2. The van der Waals surface area contributed by atoms with Gasteiger partial charge in [-0.2, -0.15) is 0 Å². The molecule has 7 heteroatoms. The first-order valence-corrected chi connectivity index (χ1v) is 10.4. The molecule has 1 aliphatic carbocycles. The molecular weight excluding hydrogens is 397 g/mol. The lowest BCUT2D eigenvalue weighted by molar-refractivity contribution is -0.127. The Hall–Kier alpha value is -3.22. The molecule has 0 aliphatic heterocycles. The van der Waals surface area contributed by atoms with E-state index in [0.29, 0.717) is 24.2 Å². The lowest BCUT2D eigenvalue weighted by atomic mass is 9.91. The molecule has 2 amide bonds. The number of carbonyl (C=O) groups excluding carboxylic acids is 3. The van der Waals surface area contributed by atoms with E-state index >= 15 is 0 Å². The van der Waals surface area contributed by atoms with E-state index in [9.17, 15) is 18.8 Å². The molecule has 2 aromatic carbocycles. The molecule has 0 heterocycles. The average molecular weight is 426 g/mol. The van der Waals surface area contributed by atoms with E-state index in [4.69, 9.17) is 5.73 Å². The zero-order chi connectivity index (χ0) is 22.8. The highest BCUT2D eigenvalue weighted by molar-refractivity contribution is 6.14. The molecule has 3 atom stereocenters. The summed E-state index contributed by atoms with van der Waals surface area (Å²) in [5.41, 5.74) is 6.31. The first-order chi connectivity index (χ1) is 14.7. The van der Waals surface area contributed by atoms with E-state index < -0.39 is 17.3 Å². The van der Waals surface area contributed by atoms with Gasteiger partial charge in [0.2, 0.25) is 11.8 Å². The van der Waals surface area contributed by atoms with E-state index in [0.717, 1.165) is 5.56 Å².